The number of ether oxygens (including phenoxy) is 1. The Balaban J connectivity index is 1.60. The van der Waals surface area contributed by atoms with Crippen LogP contribution in [0.2, 0.25) is 0 Å². The molecule has 2 heterocycles. The summed E-state index contributed by atoms with van der Waals surface area (Å²) in [7, 11) is 1.63. The Kier molecular flexibility index (Phi) is 4.68. The molecule has 1 aliphatic heterocycles. The molecule has 2 aromatic rings. The minimum atomic E-state index is -0.380. The number of anilines is 2. The quantitative estimate of drug-likeness (QED) is 0.609. The van der Waals surface area contributed by atoms with Gasteiger partial charge in [-0.3, -0.25) is 10.1 Å². The van der Waals surface area contributed by atoms with Crippen LogP contribution in [-0.4, -0.2) is 47.6 Å². The Hall–Kier alpha value is -2.26. The lowest BCUT2D eigenvalue weighted by Crippen LogP contribution is -2.46. The van der Waals surface area contributed by atoms with Gasteiger partial charge in [0.2, 0.25) is 5.13 Å². The number of benzene rings is 1. The summed E-state index contributed by atoms with van der Waals surface area (Å²) < 4.78 is 9.31. The van der Waals surface area contributed by atoms with Gasteiger partial charge in [0.25, 0.3) is 5.69 Å². The van der Waals surface area contributed by atoms with Crippen molar-refractivity contribution in [3.05, 3.63) is 40.2 Å². The van der Waals surface area contributed by atoms with E-state index in [1.54, 1.807) is 31.4 Å². The molecule has 0 spiro atoms. The van der Waals surface area contributed by atoms with E-state index >= 15 is 0 Å². The third kappa shape index (κ3) is 3.57. The molecule has 23 heavy (non-hydrogen) atoms. The molecule has 1 fully saturated rings. The first-order chi connectivity index (χ1) is 11.2. The summed E-state index contributed by atoms with van der Waals surface area (Å²) in [4.78, 5) is 19.2. The molecule has 9 heteroatoms. The van der Waals surface area contributed by atoms with Crippen LogP contribution in [0.4, 0.5) is 16.5 Å². The van der Waals surface area contributed by atoms with Crippen LogP contribution in [0, 0.1) is 10.1 Å². The van der Waals surface area contributed by atoms with Gasteiger partial charge in [0.05, 0.1) is 4.92 Å². The molecule has 0 N–H and O–H groups in total. The summed E-state index contributed by atoms with van der Waals surface area (Å²) in [6.45, 7) is 3.81. The van der Waals surface area contributed by atoms with Gasteiger partial charge in [0, 0.05) is 62.6 Å². The van der Waals surface area contributed by atoms with Gasteiger partial charge in [0.1, 0.15) is 6.61 Å². The predicted octanol–water partition coefficient (Wildman–Crippen LogP) is 1.92. The van der Waals surface area contributed by atoms with E-state index in [1.165, 1.54) is 11.5 Å². The summed E-state index contributed by atoms with van der Waals surface area (Å²) in [6.07, 6.45) is 0. The normalized spacial score (nSPS) is 15.0. The van der Waals surface area contributed by atoms with Crippen LogP contribution in [-0.2, 0) is 11.3 Å². The molecule has 0 saturated carbocycles. The lowest BCUT2D eigenvalue weighted by Gasteiger charge is -2.35. The lowest BCUT2D eigenvalue weighted by molar-refractivity contribution is -0.384. The number of piperazine rings is 1. The molecular weight excluding hydrogens is 318 g/mol. The Labute approximate surface area is 137 Å². The molecule has 0 amide bonds. The Morgan fingerprint density at radius 3 is 2.48 bits per heavy atom. The molecule has 1 saturated heterocycles. The van der Waals surface area contributed by atoms with E-state index in [4.69, 9.17) is 4.74 Å². The summed E-state index contributed by atoms with van der Waals surface area (Å²) >= 11 is 1.39. The molecule has 8 nitrogen and oxygen atoms in total. The van der Waals surface area contributed by atoms with Crippen molar-refractivity contribution in [3.8, 4) is 0 Å². The van der Waals surface area contributed by atoms with Crippen LogP contribution in [0.15, 0.2) is 24.3 Å². The third-order valence-corrected chi connectivity index (χ3v) is 4.52. The zero-order valence-electron chi connectivity index (χ0n) is 12.7. The molecule has 1 aliphatic rings. The average Bonchev–Trinajstić information content (AvgIpc) is 3.04. The summed E-state index contributed by atoms with van der Waals surface area (Å²) in [5, 5.41) is 11.6. The van der Waals surface area contributed by atoms with Gasteiger partial charge >= 0.3 is 0 Å². The molecule has 0 radical (unpaired) electrons. The second kappa shape index (κ2) is 6.88. The molecule has 1 aromatic heterocycles. The molecule has 1 aromatic carbocycles. The van der Waals surface area contributed by atoms with E-state index in [1.807, 2.05) is 0 Å². The monoisotopic (exact) mass is 335 g/mol. The van der Waals surface area contributed by atoms with Crippen LogP contribution in [0.3, 0.4) is 0 Å². The number of non-ortho nitro benzene ring substituents is 1. The van der Waals surface area contributed by atoms with E-state index < -0.39 is 0 Å². The summed E-state index contributed by atoms with van der Waals surface area (Å²) in [5.41, 5.74) is 1.12. The van der Waals surface area contributed by atoms with Gasteiger partial charge in [-0.2, -0.15) is 4.37 Å². The maximum absolute atomic E-state index is 10.7. The van der Waals surface area contributed by atoms with Crippen molar-refractivity contribution in [2.75, 3.05) is 43.1 Å². The van der Waals surface area contributed by atoms with E-state index in [0.29, 0.717) is 12.4 Å². The highest BCUT2D eigenvalue weighted by Gasteiger charge is 2.20. The topological polar surface area (TPSA) is 84.6 Å². The van der Waals surface area contributed by atoms with Crippen molar-refractivity contribution in [3.63, 3.8) is 0 Å². The van der Waals surface area contributed by atoms with E-state index in [9.17, 15) is 10.1 Å². The first-order valence-corrected chi connectivity index (χ1v) is 8.00. The molecule has 0 aliphatic carbocycles. The van der Waals surface area contributed by atoms with Crippen molar-refractivity contribution in [2.24, 2.45) is 0 Å². The number of nitrogens with zero attached hydrogens (tertiary/aromatic N) is 5. The maximum atomic E-state index is 10.7. The van der Waals surface area contributed by atoms with Gasteiger partial charge < -0.3 is 14.5 Å². The van der Waals surface area contributed by atoms with Crippen molar-refractivity contribution < 1.29 is 9.66 Å². The first-order valence-electron chi connectivity index (χ1n) is 7.23. The minimum Gasteiger partial charge on any atom is -0.377 e. The second-order valence-corrected chi connectivity index (χ2v) is 5.90. The number of rotatable bonds is 5. The molecule has 3 rings (SSSR count). The van der Waals surface area contributed by atoms with Gasteiger partial charge in [0.15, 0.2) is 5.82 Å². The average molecular weight is 335 g/mol. The Bertz CT molecular complexity index is 667. The van der Waals surface area contributed by atoms with Crippen molar-refractivity contribution in [1.82, 2.24) is 9.36 Å². The van der Waals surface area contributed by atoms with Gasteiger partial charge in [-0.1, -0.05) is 0 Å². The number of hydrogen-bond acceptors (Lipinski definition) is 8. The Morgan fingerprint density at radius 1 is 1.22 bits per heavy atom. The Morgan fingerprint density at radius 2 is 1.87 bits per heavy atom. The molecular formula is C14H17N5O3S. The fourth-order valence-electron chi connectivity index (χ4n) is 2.50. The van der Waals surface area contributed by atoms with Crippen molar-refractivity contribution in [2.45, 2.75) is 6.61 Å². The van der Waals surface area contributed by atoms with Gasteiger partial charge in [-0.25, -0.2) is 4.98 Å². The van der Waals surface area contributed by atoms with Gasteiger partial charge in [-0.15, -0.1) is 0 Å². The van der Waals surface area contributed by atoms with E-state index in [2.05, 4.69) is 19.2 Å². The zero-order chi connectivity index (χ0) is 16.2. The molecule has 0 bridgehead atoms. The fraction of sp³-hybridized carbons (Fsp3) is 0.429. The number of nitro groups is 1. The summed E-state index contributed by atoms with van der Waals surface area (Å²) in [6, 6.07) is 6.69. The molecule has 122 valence electrons. The van der Waals surface area contributed by atoms with Crippen molar-refractivity contribution in [1.29, 1.82) is 0 Å². The number of hydrogen-bond donors (Lipinski definition) is 0. The molecule has 0 unspecified atom stereocenters. The number of methoxy groups -OCH3 is 1. The van der Waals surface area contributed by atoms with Crippen LogP contribution in [0.1, 0.15) is 5.82 Å². The fourth-order valence-corrected chi connectivity index (χ4v) is 3.23. The second-order valence-electron chi connectivity index (χ2n) is 5.17. The highest BCUT2D eigenvalue weighted by molar-refractivity contribution is 7.09. The van der Waals surface area contributed by atoms with Crippen LogP contribution >= 0.6 is 11.5 Å². The van der Waals surface area contributed by atoms with Crippen LogP contribution < -0.4 is 9.80 Å². The highest BCUT2D eigenvalue weighted by atomic mass is 32.1. The van der Waals surface area contributed by atoms with E-state index in [-0.39, 0.29) is 10.6 Å². The first kappa shape index (κ1) is 15.6. The lowest BCUT2D eigenvalue weighted by atomic mass is 10.2. The SMILES string of the molecule is COCc1nsc(N2CCN(c3ccc([N+](=O)[O-])cc3)CC2)n1. The maximum Gasteiger partial charge on any atom is 0.269 e. The van der Waals surface area contributed by atoms with Crippen molar-refractivity contribution >= 4 is 28.0 Å². The smallest absolute Gasteiger partial charge is 0.269 e. The van der Waals surface area contributed by atoms with Crippen LogP contribution in [0.25, 0.3) is 0 Å². The number of nitro benzene ring substituents is 1. The third-order valence-electron chi connectivity index (χ3n) is 3.71. The summed E-state index contributed by atoms with van der Waals surface area (Å²) in [5.74, 6) is 0.713. The number of aromatic nitrogens is 2. The van der Waals surface area contributed by atoms with Gasteiger partial charge in [-0.05, 0) is 12.1 Å². The minimum absolute atomic E-state index is 0.118. The standard InChI is InChI=1S/C14H17N5O3S/c1-22-10-13-15-14(23-16-13)18-8-6-17(7-9-18)11-2-4-12(5-3-11)19(20)21/h2-5H,6-10H2,1H3. The van der Waals surface area contributed by atoms with E-state index in [0.717, 1.165) is 37.0 Å². The van der Waals surface area contributed by atoms with Crippen LogP contribution in [0.5, 0.6) is 0 Å². The largest absolute Gasteiger partial charge is 0.377 e. The molecule has 0 atom stereocenters. The predicted molar refractivity (Wildman–Crippen MR) is 88.1 cm³/mol. The zero-order valence-corrected chi connectivity index (χ0v) is 13.5. The highest BCUT2D eigenvalue weighted by Crippen LogP contribution is 2.23.